The number of aliphatic imine (C=N–C) groups is 1. The van der Waals surface area contributed by atoms with Crippen molar-refractivity contribution in [3.63, 3.8) is 0 Å². The van der Waals surface area contributed by atoms with Crippen LogP contribution in [0, 0.1) is 11.3 Å². The number of ether oxygens (including phenoxy) is 2. The first-order chi connectivity index (χ1) is 11.7. The first-order valence-corrected chi connectivity index (χ1v) is 7.22. The Kier molecular flexibility index (Phi) is 4.17. The maximum atomic E-state index is 11.9. The van der Waals surface area contributed by atoms with Crippen LogP contribution < -0.4 is 14.8 Å². The number of fused-ring (bicyclic) bond motifs is 1. The SMILES string of the molecule is COc1cc2c(cc1OC)C(c1cccc(C#N)c1)=NCC(=O)[N]2. The summed E-state index contributed by atoms with van der Waals surface area (Å²) in [5, 5.41) is 13.2. The zero-order valence-corrected chi connectivity index (χ0v) is 13.2. The highest BCUT2D eigenvalue weighted by Crippen LogP contribution is 2.35. The number of benzene rings is 2. The maximum Gasteiger partial charge on any atom is 0.267 e. The molecule has 6 heteroatoms. The van der Waals surface area contributed by atoms with Gasteiger partial charge >= 0.3 is 0 Å². The fraction of sp³-hybridized carbons (Fsp3) is 0.167. The second-order valence-corrected chi connectivity index (χ2v) is 5.09. The third-order valence-corrected chi connectivity index (χ3v) is 3.64. The number of hydrogen-bond donors (Lipinski definition) is 0. The zero-order valence-electron chi connectivity index (χ0n) is 13.2. The molecular weight excluding hydrogens is 306 g/mol. The van der Waals surface area contributed by atoms with Crippen LogP contribution in [0.1, 0.15) is 16.7 Å². The van der Waals surface area contributed by atoms with Crippen molar-refractivity contribution in [3.8, 4) is 17.6 Å². The summed E-state index contributed by atoms with van der Waals surface area (Å²) in [6.07, 6.45) is 0. The molecule has 0 saturated carbocycles. The number of hydrogen-bond acceptors (Lipinski definition) is 5. The van der Waals surface area contributed by atoms with E-state index in [1.807, 2.05) is 6.07 Å². The van der Waals surface area contributed by atoms with Gasteiger partial charge in [0.15, 0.2) is 11.5 Å². The second-order valence-electron chi connectivity index (χ2n) is 5.09. The van der Waals surface area contributed by atoms with Gasteiger partial charge in [0.25, 0.3) is 5.91 Å². The molecule has 2 aromatic rings. The van der Waals surface area contributed by atoms with Crippen molar-refractivity contribution in [2.75, 3.05) is 20.8 Å². The number of nitriles is 1. The minimum Gasteiger partial charge on any atom is -0.493 e. The summed E-state index contributed by atoms with van der Waals surface area (Å²) in [6, 6.07) is 12.6. The molecule has 0 aliphatic carbocycles. The van der Waals surface area contributed by atoms with E-state index in [0.717, 1.165) is 5.56 Å². The van der Waals surface area contributed by atoms with Gasteiger partial charge in [0.05, 0.1) is 37.3 Å². The number of rotatable bonds is 3. The molecule has 0 spiro atoms. The lowest BCUT2D eigenvalue weighted by atomic mass is 9.98. The fourth-order valence-corrected chi connectivity index (χ4v) is 2.53. The Morgan fingerprint density at radius 2 is 1.88 bits per heavy atom. The Bertz CT molecular complexity index is 882. The number of carbonyl (C=O) groups excluding carboxylic acids is 1. The van der Waals surface area contributed by atoms with Gasteiger partial charge in [-0.3, -0.25) is 9.79 Å². The van der Waals surface area contributed by atoms with Gasteiger partial charge in [-0.05, 0) is 18.2 Å². The highest BCUT2D eigenvalue weighted by atomic mass is 16.5. The predicted molar refractivity (Wildman–Crippen MR) is 88.0 cm³/mol. The summed E-state index contributed by atoms with van der Waals surface area (Å²) in [7, 11) is 3.06. The number of methoxy groups -OCH3 is 2. The van der Waals surface area contributed by atoms with Crippen LogP contribution in [-0.2, 0) is 4.79 Å². The Morgan fingerprint density at radius 1 is 1.12 bits per heavy atom. The van der Waals surface area contributed by atoms with Crippen LogP contribution in [0.4, 0.5) is 5.69 Å². The molecule has 1 aliphatic heterocycles. The first-order valence-electron chi connectivity index (χ1n) is 7.22. The monoisotopic (exact) mass is 320 g/mol. The van der Waals surface area contributed by atoms with Crippen molar-refractivity contribution >= 4 is 17.3 Å². The van der Waals surface area contributed by atoms with E-state index in [-0.39, 0.29) is 12.5 Å². The van der Waals surface area contributed by atoms with Crippen LogP contribution in [-0.4, -0.2) is 32.4 Å². The van der Waals surface area contributed by atoms with E-state index < -0.39 is 0 Å². The molecule has 0 saturated heterocycles. The summed E-state index contributed by atoms with van der Waals surface area (Å²) in [5.41, 5.74) is 2.99. The number of amides is 1. The fourth-order valence-electron chi connectivity index (χ4n) is 2.53. The van der Waals surface area contributed by atoms with Crippen molar-refractivity contribution in [1.29, 1.82) is 5.26 Å². The normalized spacial score (nSPS) is 13.0. The van der Waals surface area contributed by atoms with Gasteiger partial charge in [-0.2, -0.15) is 5.26 Å². The molecule has 2 aromatic carbocycles. The number of nitrogens with zero attached hydrogens (tertiary/aromatic N) is 3. The van der Waals surface area contributed by atoms with Crippen LogP contribution in [0.25, 0.3) is 0 Å². The van der Waals surface area contributed by atoms with E-state index in [1.165, 1.54) is 14.2 Å². The van der Waals surface area contributed by atoms with Crippen LogP contribution in [0.2, 0.25) is 0 Å². The second kappa shape index (κ2) is 6.42. The molecular formula is C18H14N3O3. The van der Waals surface area contributed by atoms with Gasteiger partial charge < -0.3 is 9.47 Å². The molecule has 119 valence electrons. The van der Waals surface area contributed by atoms with Crippen molar-refractivity contribution in [1.82, 2.24) is 5.32 Å². The smallest absolute Gasteiger partial charge is 0.267 e. The molecule has 6 nitrogen and oxygen atoms in total. The zero-order chi connectivity index (χ0) is 17.1. The molecule has 1 heterocycles. The van der Waals surface area contributed by atoms with Gasteiger partial charge in [-0.15, -0.1) is 0 Å². The molecule has 0 unspecified atom stereocenters. The van der Waals surface area contributed by atoms with Gasteiger partial charge in [0, 0.05) is 17.2 Å². The van der Waals surface area contributed by atoms with Crippen LogP contribution in [0.3, 0.4) is 0 Å². The quantitative estimate of drug-likeness (QED) is 0.867. The maximum absolute atomic E-state index is 11.9. The molecule has 1 amide bonds. The predicted octanol–water partition coefficient (Wildman–Crippen LogP) is 2.19. The third kappa shape index (κ3) is 2.79. The highest BCUT2D eigenvalue weighted by Gasteiger charge is 2.22. The molecule has 24 heavy (non-hydrogen) atoms. The molecule has 1 radical (unpaired) electrons. The lowest BCUT2D eigenvalue weighted by molar-refractivity contribution is -0.118. The van der Waals surface area contributed by atoms with Gasteiger partial charge in [-0.25, -0.2) is 5.32 Å². The van der Waals surface area contributed by atoms with Crippen molar-refractivity contribution in [2.45, 2.75) is 0 Å². The van der Waals surface area contributed by atoms with Crippen LogP contribution >= 0.6 is 0 Å². The van der Waals surface area contributed by atoms with Gasteiger partial charge in [0.2, 0.25) is 0 Å². The molecule has 0 aromatic heterocycles. The lowest BCUT2D eigenvalue weighted by Gasteiger charge is -2.14. The highest BCUT2D eigenvalue weighted by molar-refractivity contribution is 6.18. The summed E-state index contributed by atoms with van der Waals surface area (Å²) < 4.78 is 10.6. The average Bonchev–Trinajstić information content (AvgIpc) is 2.78. The van der Waals surface area contributed by atoms with E-state index in [4.69, 9.17) is 14.7 Å². The van der Waals surface area contributed by atoms with Crippen molar-refractivity contribution < 1.29 is 14.3 Å². The number of carbonyl (C=O) groups is 1. The van der Waals surface area contributed by atoms with Crippen molar-refractivity contribution in [2.24, 2.45) is 4.99 Å². The van der Waals surface area contributed by atoms with E-state index in [0.29, 0.717) is 34.0 Å². The minimum absolute atomic E-state index is 0.0502. The molecule has 1 aliphatic rings. The molecule has 0 atom stereocenters. The Hall–Kier alpha value is -3.33. The molecule has 0 fully saturated rings. The molecule has 3 rings (SSSR count). The lowest BCUT2D eigenvalue weighted by Crippen LogP contribution is -2.12. The van der Waals surface area contributed by atoms with Crippen LogP contribution in [0.5, 0.6) is 11.5 Å². The first kappa shape index (κ1) is 15.6. The Labute approximate surface area is 139 Å². The van der Waals surface area contributed by atoms with Crippen molar-refractivity contribution in [3.05, 3.63) is 53.1 Å². The topological polar surface area (TPSA) is 85.8 Å². The van der Waals surface area contributed by atoms with E-state index in [2.05, 4.69) is 16.4 Å². The van der Waals surface area contributed by atoms with E-state index in [9.17, 15) is 4.79 Å². The largest absolute Gasteiger partial charge is 0.493 e. The van der Waals surface area contributed by atoms with E-state index in [1.54, 1.807) is 30.3 Å². The summed E-state index contributed by atoms with van der Waals surface area (Å²) >= 11 is 0. The summed E-state index contributed by atoms with van der Waals surface area (Å²) in [5.74, 6) is 0.666. The van der Waals surface area contributed by atoms with Gasteiger partial charge in [-0.1, -0.05) is 12.1 Å². The minimum atomic E-state index is -0.338. The van der Waals surface area contributed by atoms with Gasteiger partial charge in [0.1, 0.15) is 6.54 Å². The average molecular weight is 320 g/mol. The summed E-state index contributed by atoms with van der Waals surface area (Å²) in [4.78, 5) is 16.3. The number of benzodiazepines with no additional fused rings is 1. The third-order valence-electron chi connectivity index (χ3n) is 3.64. The Morgan fingerprint density at radius 3 is 2.58 bits per heavy atom. The molecule has 0 N–H and O–H groups in total. The van der Waals surface area contributed by atoms with Crippen LogP contribution in [0.15, 0.2) is 41.4 Å². The Balaban J connectivity index is 2.21. The van der Waals surface area contributed by atoms with E-state index >= 15 is 0 Å². The standard InChI is InChI=1S/C18H14N3O3/c1-23-15-7-13-14(8-16(15)24-2)21-17(22)10-20-18(13)12-5-3-4-11(6-12)9-19/h3-8H,10H2,1-2H3. The summed E-state index contributed by atoms with van der Waals surface area (Å²) in [6.45, 7) is -0.0502. The molecule has 0 bridgehead atoms.